The minimum Gasteiger partial charge on any atom is -0.455 e. The molecule has 0 atom stereocenters. The number of benzene rings is 9. The Labute approximate surface area is 290 Å². The lowest BCUT2D eigenvalue weighted by Gasteiger charge is -2.27. The minimum atomic E-state index is 0.888. The smallest absolute Gasteiger partial charge is 0.143 e. The molecule has 1 heterocycles. The van der Waals surface area contributed by atoms with E-state index in [1.54, 1.807) is 0 Å². The summed E-state index contributed by atoms with van der Waals surface area (Å²) in [5.74, 6) is 0. The Bertz CT molecular complexity index is 2870. The van der Waals surface area contributed by atoms with E-state index in [0.29, 0.717) is 0 Å². The fraction of sp³-hybridized carbons (Fsp3) is 0. The maximum absolute atomic E-state index is 6.74. The normalized spacial score (nSPS) is 11.6. The molecule has 234 valence electrons. The quantitative estimate of drug-likeness (QED) is 0.187. The molecule has 0 saturated carbocycles. The van der Waals surface area contributed by atoms with Gasteiger partial charge < -0.3 is 9.32 Å². The van der Waals surface area contributed by atoms with E-state index < -0.39 is 0 Å². The van der Waals surface area contributed by atoms with Crippen molar-refractivity contribution in [3.05, 3.63) is 188 Å². The van der Waals surface area contributed by atoms with Gasteiger partial charge in [-0.15, -0.1) is 0 Å². The van der Waals surface area contributed by atoms with Gasteiger partial charge in [-0.1, -0.05) is 133 Å². The molecule has 1 aromatic heterocycles. The average molecular weight is 638 g/mol. The van der Waals surface area contributed by atoms with Crippen molar-refractivity contribution in [2.75, 3.05) is 4.90 Å². The lowest BCUT2D eigenvalue weighted by Crippen LogP contribution is -2.10. The number of hydrogen-bond acceptors (Lipinski definition) is 2. The SMILES string of the molecule is c1ccc(N(c2ccc(-c3ccc4ccccc4c3)cc2)c2cc3c4ccc(-c5ccc6ccccc6c5)cc4oc3c3ccccc23)cc1. The van der Waals surface area contributed by atoms with E-state index in [2.05, 4.69) is 193 Å². The molecule has 10 aromatic rings. The van der Waals surface area contributed by atoms with Crippen LogP contribution in [0.3, 0.4) is 0 Å². The zero-order valence-corrected chi connectivity index (χ0v) is 27.3. The summed E-state index contributed by atoms with van der Waals surface area (Å²) in [4.78, 5) is 2.37. The van der Waals surface area contributed by atoms with Crippen molar-refractivity contribution in [2.45, 2.75) is 0 Å². The molecule has 0 unspecified atom stereocenters. The average Bonchev–Trinajstić information content (AvgIpc) is 3.56. The van der Waals surface area contributed by atoms with Crippen molar-refractivity contribution < 1.29 is 4.42 Å². The largest absolute Gasteiger partial charge is 0.455 e. The van der Waals surface area contributed by atoms with Crippen LogP contribution < -0.4 is 4.90 Å². The van der Waals surface area contributed by atoms with Gasteiger partial charge >= 0.3 is 0 Å². The number of para-hydroxylation sites is 1. The second-order valence-electron chi connectivity index (χ2n) is 13.0. The molecule has 9 aromatic carbocycles. The van der Waals surface area contributed by atoms with E-state index in [4.69, 9.17) is 4.42 Å². The molecule has 0 fully saturated rings. The van der Waals surface area contributed by atoms with Crippen molar-refractivity contribution in [3.63, 3.8) is 0 Å². The summed E-state index contributed by atoms with van der Waals surface area (Å²) >= 11 is 0. The first kappa shape index (κ1) is 28.4. The molecule has 0 saturated heterocycles. The zero-order valence-electron chi connectivity index (χ0n) is 27.3. The third-order valence-corrected chi connectivity index (χ3v) is 10.0. The van der Waals surface area contributed by atoms with E-state index in [0.717, 1.165) is 55.3 Å². The standard InChI is InChI=1S/C48H31NO/c1-2-14-40(15-3-1)49(41-25-22-34(23-26-41)37-20-18-32-10-4-6-12-35(32)28-37)46-31-45-43-27-24-39(38-21-19-33-11-5-7-13-36(33)29-38)30-47(43)50-48(45)44-17-9-8-16-42(44)46/h1-31H. The number of nitrogens with zero attached hydrogens (tertiary/aromatic N) is 1. The topological polar surface area (TPSA) is 16.4 Å². The number of fused-ring (bicyclic) bond motifs is 7. The van der Waals surface area contributed by atoms with Crippen molar-refractivity contribution in [1.82, 2.24) is 0 Å². The summed E-state index contributed by atoms with van der Waals surface area (Å²) in [6, 6.07) is 67.5. The van der Waals surface area contributed by atoms with Gasteiger partial charge in [0.05, 0.1) is 5.69 Å². The third-order valence-electron chi connectivity index (χ3n) is 10.0. The number of hydrogen-bond donors (Lipinski definition) is 0. The fourth-order valence-corrected chi connectivity index (χ4v) is 7.49. The lowest BCUT2D eigenvalue weighted by molar-refractivity contribution is 0.673. The van der Waals surface area contributed by atoms with E-state index in [1.807, 2.05) is 0 Å². The van der Waals surface area contributed by atoms with Gasteiger partial charge in [0, 0.05) is 32.9 Å². The monoisotopic (exact) mass is 637 g/mol. The van der Waals surface area contributed by atoms with Crippen LogP contribution in [0, 0.1) is 0 Å². The molecule has 0 aliphatic heterocycles. The molecule has 0 aliphatic rings. The highest BCUT2D eigenvalue weighted by Gasteiger charge is 2.20. The maximum Gasteiger partial charge on any atom is 0.143 e. The fourth-order valence-electron chi connectivity index (χ4n) is 7.49. The molecule has 2 heteroatoms. The zero-order chi connectivity index (χ0) is 33.0. The summed E-state index contributed by atoms with van der Waals surface area (Å²) in [5.41, 5.74) is 9.83. The summed E-state index contributed by atoms with van der Waals surface area (Å²) in [5, 5.41) is 9.42. The predicted molar refractivity (Wildman–Crippen MR) is 212 cm³/mol. The molecule has 0 bridgehead atoms. The predicted octanol–water partition coefficient (Wildman–Crippen LogP) is 13.8. The number of furan rings is 1. The Balaban J connectivity index is 1.13. The first-order chi connectivity index (χ1) is 24.8. The van der Waals surface area contributed by atoms with Crippen LogP contribution in [-0.2, 0) is 0 Å². The number of rotatable bonds is 5. The van der Waals surface area contributed by atoms with Gasteiger partial charge in [0.1, 0.15) is 11.2 Å². The van der Waals surface area contributed by atoms with Gasteiger partial charge in [-0.05, 0) is 98.4 Å². The first-order valence-corrected chi connectivity index (χ1v) is 17.1. The Morgan fingerprint density at radius 3 is 1.54 bits per heavy atom. The molecule has 0 amide bonds. The molecule has 0 aliphatic carbocycles. The summed E-state index contributed by atoms with van der Waals surface area (Å²) in [7, 11) is 0. The summed E-state index contributed by atoms with van der Waals surface area (Å²) < 4.78 is 6.74. The van der Waals surface area contributed by atoms with Crippen LogP contribution in [0.4, 0.5) is 17.1 Å². The molecule has 0 radical (unpaired) electrons. The van der Waals surface area contributed by atoms with E-state index in [-0.39, 0.29) is 0 Å². The Morgan fingerprint density at radius 2 is 0.840 bits per heavy atom. The summed E-state index contributed by atoms with van der Waals surface area (Å²) in [6.45, 7) is 0. The van der Waals surface area contributed by atoms with Crippen LogP contribution in [-0.4, -0.2) is 0 Å². The van der Waals surface area contributed by atoms with Crippen LogP contribution >= 0.6 is 0 Å². The second-order valence-corrected chi connectivity index (χ2v) is 13.0. The highest BCUT2D eigenvalue weighted by atomic mass is 16.3. The highest BCUT2D eigenvalue weighted by Crippen LogP contribution is 2.45. The van der Waals surface area contributed by atoms with Crippen LogP contribution in [0.15, 0.2) is 192 Å². The molecule has 0 spiro atoms. The summed E-state index contributed by atoms with van der Waals surface area (Å²) in [6.07, 6.45) is 0. The maximum atomic E-state index is 6.74. The van der Waals surface area contributed by atoms with Crippen molar-refractivity contribution in [3.8, 4) is 22.3 Å². The molecular weight excluding hydrogens is 607 g/mol. The van der Waals surface area contributed by atoms with Gasteiger partial charge in [0.25, 0.3) is 0 Å². The van der Waals surface area contributed by atoms with Crippen LogP contribution in [0.5, 0.6) is 0 Å². The Hall–Kier alpha value is -6.64. The Kier molecular flexibility index (Phi) is 6.53. The van der Waals surface area contributed by atoms with E-state index in [9.17, 15) is 0 Å². The van der Waals surface area contributed by atoms with Crippen molar-refractivity contribution >= 4 is 71.3 Å². The molecule has 2 nitrogen and oxygen atoms in total. The van der Waals surface area contributed by atoms with Gasteiger partial charge in [-0.2, -0.15) is 0 Å². The molecule has 0 N–H and O–H groups in total. The van der Waals surface area contributed by atoms with Gasteiger partial charge in [-0.3, -0.25) is 0 Å². The van der Waals surface area contributed by atoms with Crippen LogP contribution in [0.1, 0.15) is 0 Å². The van der Waals surface area contributed by atoms with E-state index in [1.165, 1.54) is 38.2 Å². The van der Waals surface area contributed by atoms with Gasteiger partial charge in [0.15, 0.2) is 0 Å². The van der Waals surface area contributed by atoms with E-state index >= 15 is 0 Å². The van der Waals surface area contributed by atoms with Crippen LogP contribution in [0.2, 0.25) is 0 Å². The minimum absolute atomic E-state index is 0.888. The number of anilines is 3. The first-order valence-electron chi connectivity index (χ1n) is 17.1. The van der Waals surface area contributed by atoms with Crippen LogP contribution in [0.25, 0.3) is 76.5 Å². The third kappa shape index (κ3) is 4.73. The highest BCUT2D eigenvalue weighted by molar-refractivity contribution is 6.20. The Morgan fingerprint density at radius 1 is 0.320 bits per heavy atom. The molecule has 10 rings (SSSR count). The van der Waals surface area contributed by atoms with Crippen molar-refractivity contribution in [2.24, 2.45) is 0 Å². The van der Waals surface area contributed by atoms with Crippen molar-refractivity contribution in [1.29, 1.82) is 0 Å². The lowest BCUT2D eigenvalue weighted by atomic mass is 9.98. The van der Waals surface area contributed by atoms with Gasteiger partial charge in [0.2, 0.25) is 0 Å². The molecule has 50 heavy (non-hydrogen) atoms. The second kappa shape index (κ2) is 11.5. The molecular formula is C48H31NO. The van der Waals surface area contributed by atoms with Gasteiger partial charge in [-0.25, -0.2) is 0 Å².